The third-order valence-corrected chi connectivity index (χ3v) is 4.48. The molecular weight excluding hydrogens is 323 g/mol. The number of carbonyl (C=O) groups is 1. The minimum Gasteiger partial charge on any atom is -0.385 e. The van der Waals surface area contributed by atoms with E-state index in [4.69, 9.17) is 0 Å². The van der Waals surface area contributed by atoms with Gasteiger partial charge >= 0.3 is 0 Å². The smallest absolute Gasteiger partial charge is 0.254 e. The number of carbonyl (C=O) groups excluding carboxylic acids is 1. The highest BCUT2D eigenvalue weighted by Crippen LogP contribution is 2.21. The van der Waals surface area contributed by atoms with Gasteiger partial charge in [0.25, 0.3) is 5.91 Å². The Bertz CT molecular complexity index is 787. The van der Waals surface area contributed by atoms with Crippen molar-refractivity contribution in [3.8, 4) is 0 Å². The SMILES string of the molecule is Cc1c(F)cccc1C(=O)N1CCn2nc(C(O)CN(C)C)cc2C1. The zero-order valence-corrected chi connectivity index (χ0v) is 14.7. The number of aromatic nitrogens is 2. The molecule has 0 fully saturated rings. The minimum atomic E-state index is -0.664. The van der Waals surface area contributed by atoms with Gasteiger partial charge in [0.2, 0.25) is 0 Å². The van der Waals surface area contributed by atoms with Crippen LogP contribution < -0.4 is 0 Å². The van der Waals surface area contributed by atoms with Crippen LogP contribution in [0.5, 0.6) is 0 Å². The van der Waals surface area contributed by atoms with E-state index in [1.807, 2.05) is 29.7 Å². The molecule has 1 atom stereocenters. The molecule has 0 aliphatic carbocycles. The molecule has 25 heavy (non-hydrogen) atoms. The Kier molecular flexibility index (Phi) is 4.87. The lowest BCUT2D eigenvalue weighted by Gasteiger charge is -2.28. The number of halogens is 1. The Labute approximate surface area is 146 Å². The maximum Gasteiger partial charge on any atom is 0.254 e. The minimum absolute atomic E-state index is 0.181. The van der Waals surface area contributed by atoms with Gasteiger partial charge in [0, 0.05) is 18.7 Å². The molecule has 2 heterocycles. The molecule has 1 aliphatic heterocycles. The van der Waals surface area contributed by atoms with Crippen LogP contribution >= 0.6 is 0 Å². The average Bonchev–Trinajstić information content (AvgIpc) is 2.99. The third-order valence-electron chi connectivity index (χ3n) is 4.48. The number of fused-ring (bicyclic) bond motifs is 1. The quantitative estimate of drug-likeness (QED) is 0.913. The Morgan fingerprint density at radius 3 is 2.88 bits per heavy atom. The van der Waals surface area contributed by atoms with E-state index >= 15 is 0 Å². The number of likely N-dealkylation sites (N-methyl/N-ethyl adjacent to an activating group) is 1. The molecule has 7 heteroatoms. The van der Waals surface area contributed by atoms with Crippen molar-refractivity contribution in [1.29, 1.82) is 0 Å². The van der Waals surface area contributed by atoms with Gasteiger partial charge in [-0.1, -0.05) is 6.07 Å². The van der Waals surface area contributed by atoms with Crippen LogP contribution in [0.15, 0.2) is 24.3 Å². The molecule has 2 aromatic rings. The van der Waals surface area contributed by atoms with Gasteiger partial charge in [-0.05, 0) is 44.8 Å². The van der Waals surface area contributed by atoms with Crippen molar-refractivity contribution < 1.29 is 14.3 Å². The summed E-state index contributed by atoms with van der Waals surface area (Å²) in [7, 11) is 3.78. The zero-order chi connectivity index (χ0) is 18.1. The summed E-state index contributed by atoms with van der Waals surface area (Å²) in [5.41, 5.74) is 2.25. The van der Waals surface area contributed by atoms with Crippen molar-refractivity contribution in [3.05, 3.63) is 52.6 Å². The average molecular weight is 346 g/mol. The first-order valence-electron chi connectivity index (χ1n) is 8.30. The normalized spacial score (nSPS) is 15.4. The fraction of sp³-hybridized carbons (Fsp3) is 0.444. The summed E-state index contributed by atoms with van der Waals surface area (Å²) in [4.78, 5) is 16.3. The topological polar surface area (TPSA) is 61.6 Å². The number of nitrogens with zero attached hydrogens (tertiary/aromatic N) is 4. The molecule has 1 aromatic heterocycles. The van der Waals surface area contributed by atoms with Crippen molar-refractivity contribution in [2.45, 2.75) is 26.1 Å². The molecule has 0 spiro atoms. The predicted molar refractivity (Wildman–Crippen MR) is 91.6 cm³/mol. The predicted octanol–water partition coefficient (Wildman–Crippen LogP) is 1.58. The summed E-state index contributed by atoms with van der Waals surface area (Å²) in [6.45, 7) is 3.57. The lowest BCUT2D eigenvalue weighted by molar-refractivity contribution is 0.0704. The van der Waals surface area contributed by atoms with Gasteiger partial charge in [0.05, 0.1) is 24.5 Å². The van der Waals surface area contributed by atoms with Crippen LogP contribution in [0.1, 0.15) is 33.4 Å². The first-order chi connectivity index (χ1) is 11.9. The molecule has 134 valence electrons. The van der Waals surface area contributed by atoms with Gasteiger partial charge in [-0.15, -0.1) is 0 Å². The monoisotopic (exact) mass is 346 g/mol. The van der Waals surface area contributed by atoms with Gasteiger partial charge in [-0.25, -0.2) is 4.39 Å². The molecule has 1 aromatic carbocycles. The molecule has 1 unspecified atom stereocenters. The van der Waals surface area contributed by atoms with E-state index in [9.17, 15) is 14.3 Å². The molecule has 0 saturated heterocycles. The second-order valence-corrected chi connectivity index (χ2v) is 6.70. The van der Waals surface area contributed by atoms with E-state index in [0.29, 0.717) is 43.0 Å². The van der Waals surface area contributed by atoms with Crippen LogP contribution in [0, 0.1) is 12.7 Å². The lowest BCUT2D eigenvalue weighted by Crippen LogP contribution is -2.38. The second-order valence-electron chi connectivity index (χ2n) is 6.70. The van der Waals surface area contributed by atoms with Crippen molar-refractivity contribution in [2.24, 2.45) is 0 Å². The maximum atomic E-state index is 13.7. The van der Waals surface area contributed by atoms with Crippen molar-refractivity contribution in [1.82, 2.24) is 19.6 Å². The van der Waals surface area contributed by atoms with Crippen LogP contribution in [0.25, 0.3) is 0 Å². The Morgan fingerprint density at radius 2 is 2.16 bits per heavy atom. The molecule has 0 radical (unpaired) electrons. The number of benzene rings is 1. The van der Waals surface area contributed by atoms with Crippen LogP contribution in [0.2, 0.25) is 0 Å². The zero-order valence-electron chi connectivity index (χ0n) is 14.7. The van der Waals surface area contributed by atoms with E-state index in [0.717, 1.165) is 5.69 Å². The molecule has 1 N–H and O–H groups in total. The maximum absolute atomic E-state index is 13.7. The van der Waals surface area contributed by atoms with Gasteiger partial charge < -0.3 is 14.9 Å². The number of hydrogen-bond donors (Lipinski definition) is 1. The molecule has 3 rings (SSSR count). The van der Waals surface area contributed by atoms with Gasteiger partial charge in [-0.2, -0.15) is 5.10 Å². The second kappa shape index (κ2) is 6.93. The van der Waals surface area contributed by atoms with Crippen LogP contribution in [-0.2, 0) is 13.1 Å². The van der Waals surface area contributed by atoms with E-state index in [1.54, 1.807) is 24.0 Å². The van der Waals surface area contributed by atoms with E-state index in [1.165, 1.54) is 6.07 Å². The Balaban J connectivity index is 1.78. The van der Waals surface area contributed by atoms with Gasteiger partial charge in [0.15, 0.2) is 0 Å². The number of hydrogen-bond acceptors (Lipinski definition) is 4. The van der Waals surface area contributed by atoms with Gasteiger partial charge in [-0.3, -0.25) is 9.48 Å². The van der Waals surface area contributed by atoms with Crippen molar-refractivity contribution in [2.75, 3.05) is 27.2 Å². The first-order valence-corrected chi connectivity index (χ1v) is 8.30. The molecule has 0 saturated carbocycles. The summed E-state index contributed by atoms with van der Waals surface area (Å²) < 4.78 is 15.6. The molecule has 6 nitrogen and oxygen atoms in total. The largest absolute Gasteiger partial charge is 0.385 e. The van der Waals surface area contributed by atoms with Crippen LogP contribution in [-0.4, -0.2) is 57.8 Å². The third kappa shape index (κ3) is 3.57. The van der Waals surface area contributed by atoms with Crippen molar-refractivity contribution >= 4 is 5.91 Å². The van der Waals surface area contributed by atoms with Crippen LogP contribution in [0.4, 0.5) is 4.39 Å². The fourth-order valence-electron chi connectivity index (χ4n) is 3.07. The molecule has 0 bridgehead atoms. The molecule has 1 aliphatic rings. The lowest BCUT2D eigenvalue weighted by atomic mass is 10.1. The Hall–Kier alpha value is -2.25. The summed E-state index contributed by atoms with van der Waals surface area (Å²) >= 11 is 0. The Morgan fingerprint density at radius 1 is 1.40 bits per heavy atom. The highest BCUT2D eigenvalue weighted by molar-refractivity contribution is 5.95. The summed E-state index contributed by atoms with van der Waals surface area (Å²) in [6, 6.07) is 6.40. The van der Waals surface area contributed by atoms with Crippen molar-refractivity contribution in [3.63, 3.8) is 0 Å². The number of aliphatic hydroxyl groups excluding tert-OH is 1. The standard InChI is InChI=1S/C18H23FN4O2/c1-12-14(5-4-6-15(12)19)18(25)22-7-8-23-13(10-22)9-16(20-23)17(24)11-21(2)3/h4-6,9,17,24H,7-8,10-11H2,1-3H3. The number of amides is 1. The van der Waals surface area contributed by atoms with Gasteiger partial charge in [0.1, 0.15) is 11.9 Å². The number of aliphatic hydroxyl groups is 1. The van der Waals surface area contributed by atoms with E-state index in [2.05, 4.69) is 5.10 Å². The fourth-order valence-corrected chi connectivity index (χ4v) is 3.07. The summed E-state index contributed by atoms with van der Waals surface area (Å²) in [6.07, 6.45) is -0.664. The highest BCUT2D eigenvalue weighted by Gasteiger charge is 2.26. The summed E-state index contributed by atoms with van der Waals surface area (Å²) in [5.74, 6) is -0.554. The highest BCUT2D eigenvalue weighted by atomic mass is 19.1. The first kappa shape index (κ1) is 17.6. The molecular formula is C18H23FN4O2. The van der Waals surface area contributed by atoms with Crippen LogP contribution in [0.3, 0.4) is 0 Å². The molecule has 1 amide bonds. The number of rotatable bonds is 4. The van der Waals surface area contributed by atoms with E-state index < -0.39 is 6.10 Å². The summed E-state index contributed by atoms with van der Waals surface area (Å²) in [5, 5.41) is 14.7. The van der Waals surface area contributed by atoms with E-state index in [-0.39, 0.29) is 11.7 Å².